The summed E-state index contributed by atoms with van der Waals surface area (Å²) in [5, 5.41) is 7.32. The molecule has 0 aliphatic carbocycles. The van der Waals surface area contributed by atoms with Crippen LogP contribution in [0.2, 0.25) is 0 Å². The molecule has 1 aliphatic rings. The first-order valence-electron chi connectivity index (χ1n) is 4.80. The lowest BCUT2D eigenvalue weighted by molar-refractivity contribution is 0.209. The van der Waals surface area contributed by atoms with Gasteiger partial charge in [0.15, 0.2) is 0 Å². The van der Waals surface area contributed by atoms with Crippen molar-refractivity contribution in [1.82, 2.24) is 4.90 Å². The van der Waals surface area contributed by atoms with E-state index in [4.69, 9.17) is 11.1 Å². The van der Waals surface area contributed by atoms with E-state index in [1.807, 2.05) is 0 Å². The lowest BCUT2D eigenvalue weighted by atomic mass is 9.96. The number of amidine groups is 1. The van der Waals surface area contributed by atoms with Gasteiger partial charge in [-0.15, -0.1) is 0 Å². The van der Waals surface area contributed by atoms with Crippen LogP contribution in [0.3, 0.4) is 0 Å². The molecule has 1 rings (SSSR count). The zero-order valence-corrected chi connectivity index (χ0v) is 7.84. The lowest BCUT2D eigenvalue weighted by Crippen LogP contribution is -2.38. The van der Waals surface area contributed by atoms with Gasteiger partial charge in [0, 0.05) is 5.92 Å². The maximum Gasteiger partial charge on any atom is 0.0937 e. The first kappa shape index (κ1) is 9.52. The number of piperidine rings is 1. The quantitative estimate of drug-likeness (QED) is 0.490. The highest BCUT2D eigenvalue weighted by Gasteiger charge is 2.19. The molecule has 3 heteroatoms. The number of nitrogens with zero attached hydrogens (tertiary/aromatic N) is 1. The molecule has 1 saturated heterocycles. The van der Waals surface area contributed by atoms with Crippen LogP contribution in [0.4, 0.5) is 0 Å². The fourth-order valence-electron chi connectivity index (χ4n) is 1.78. The summed E-state index contributed by atoms with van der Waals surface area (Å²) >= 11 is 0. The zero-order chi connectivity index (χ0) is 8.97. The van der Waals surface area contributed by atoms with Gasteiger partial charge in [-0.1, -0.05) is 6.92 Å². The first-order valence-corrected chi connectivity index (χ1v) is 4.80. The number of rotatable bonds is 3. The molecule has 0 aromatic carbocycles. The SMILES string of the molecule is CCCN1CCC(C(=N)N)CC1. The van der Waals surface area contributed by atoms with Crippen molar-refractivity contribution in [1.29, 1.82) is 5.41 Å². The van der Waals surface area contributed by atoms with Gasteiger partial charge in [-0.3, -0.25) is 5.41 Å². The molecule has 1 fully saturated rings. The van der Waals surface area contributed by atoms with Crippen LogP contribution in [-0.4, -0.2) is 30.4 Å². The summed E-state index contributed by atoms with van der Waals surface area (Å²) in [5.74, 6) is 0.740. The minimum Gasteiger partial charge on any atom is -0.387 e. The normalized spacial score (nSPS) is 21.1. The van der Waals surface area contributed by atoms with Crippen molar-refractivity contribution < 1.29 is 0 Å². The molecule has 0 aromatic heterocycles. The molecule has 1 heterocycles. The van der Waals surface area contributed by atoms with Crippen molar-refractivity contribution in [3.63, 3.8) is 0 Å². The van der Waals surface area contributed by atoms with Crippen molar-refractivity contribution in [2.24, 2.45) is 11.7 Å². The van der Waals surface area contributed by atoms with E-state index in [0.717, 1.165) is 25.9 Å². The Labute approximate surface area is 74.4 Å². The fraction of sp³-hybridized carbons (Fsp3) is 0.889. The van der Waals surface area contributed by atoms with Crippen LogP contribution in [0.1, 0.15) is 26.2 Å². The zero-order valence-electron chi connectivity index (χ0n) is 7.84. The Morgan fingerprint density at radius 2 is 2.08 bits per heavy atom. The van der Waals surface area contributed by atoms with Crippen molar-refractivity contribution in [3.8, 4) is 0 Å². The molecule has 0 bridgehead atoms. The molecule has 0 atom stereocenters. The fourth-order valence-corrected chi connectivity index (χ4v) is 1.78. The van der Waals surface area contributed by atoms with Gasteiger partial charge in [0.05, 0.1) is 5.84 Å². The molecular weight excluding hydrogens is 150 g/mol. The standard InChI is InChI=1S/C9H19N3/c1-2-5-12-6-3-8(4-7-12)9(10)11/h8H,2-7H2,1H3,(H3,10,11). The van der Waals surface area contributed by atoms with Crippen LogP contribution in [-0.2, 0) is 0 Å². The number of hydrogen-bond donors (Lipinski definition) is 2. The van der Waals surface area contributed by atoms with Crippen molar-refractivity contribution in [2.45, 2.75) is 26.2 Å². The van der Waals surface area contributed by atoms with Crippen molar-refractivity contribution in [2.75, 3.05) is 19.6 Å². The predicted molar refractivity (Wildman–Crippen MR) is 51.4 cm³/mol. The number of nitrogens with two attached hydrogens (primary N) is 1. The Kier molecular flexibility index (Phi) is 3.53. The number of nitrogens with one attached hydrogen (secondary N) is 1. The Bertz CT molecular complexity index is 148. The highest BCUT2D eigenvalue weighted by Crippen LogP contribution is 2.16. The van der Waals surface area contributed by atoms with E-state index < -0.39 is 0 Å². The molecule has 70 valence electrons. The summed E-state index contributed by atoms with van der Waals surface area (Å²) in [6.45, 7) is 5.65. The van der Waals surface area contributed by atoms with Gasteiger partial charge in [0.2, 0.25) is 0 Å². The molecule has 0 amide bonds. The Morgan fingerprint density at radius 3 is 2.50 bits per heavy atom. The smallest absolute Gasteiger partial charge is 0.0937 e. The summed E-state index contributed by atoms with van der Waals surface area (Å²) < 4.78 is 0. The minimum absolute atomic E-state index is 0.359. The van der Waals surface area contributed by atoms with Gasteiger partial charge >= 0.3 is 0 Å². The molecule has 3 N–H and O–H groups in total. The van der Waals surface area contributed by atoms with Gasteiger partial charge in [-0.25, -0.2) is 0 Å². The average molecular weight is 169 g/mol. The summed E-state index contributed by atoms with van der Waals surface area (Å²) in [5.41, 5.74) is 5.45. The summed E-state index contributed by atoms with van der Waals surface area (Å²) in [4.78, 5) is 2.46. The molecule has 0 spiro atoms. The average Bonchev–Trinajstić information content (AvgIpc) is 2.06. The molecule has 1 aliphatic heterocycles. The van der Waals surface area contributed by atoms with E-state index in [2.05, 4.69) is 11.8 Å². The summed E-state index contributed by atoms with van der Waals surface area (Å²) in [6, 6.07) is 0. The predicted octanol–water partition coefficient (Wildman–Crippen LogP) is 1.04. The minimum atomic E-state index is 0.359. The largest absolute Gasteiger partial charge is 0.387 e. The van der Waals surface area contributed by atoms with E-state index in [-0.39, 0.29) is 0 Å². The van der Waals surface area contributed by atoms with Crippen LogP contribution in [0.5, 0.6) is 0 Å². The van der Waals surface area contributed by atoms with Crippen LogP contribution in [0.25, 0.3) is 0 Å². The van der Waals surface area contributed by atoms with Gasteiger partial charge in [0.1, 0.15) is 0 Å². The molecule has 0 radical (unpaired) electrons. The van der Waals surface area contributed by atoms with Crippen molar-refractivity contribution in [3.05, 3.63) is 0 Å². The molecule has 0 aromatic rings. The van der Waals surface area contributed by atoms with Crippen LogP contribution >= 0.6 is 0 Å². The maximum absolute atomic E-state index is 7.32. The third-order valence-electron chi connectivity index (χ3n) is 2.57. The summed E-state index contributed by atoms with van der Waals surface area (Å²) in [7, 11) is 0. The van der Waals surface area contributed by atoms with E-state index in [9.17, 15) is 0 Å². The third-order valence-corrected chi connectivity index (χ3v) is 2.57. The molecular formula is C9H19N3. The van der Waals surface area contributed by atoms with Gasteiger partial charge in [0.25, 0.3) is 0 Å². The monoisotopic (exact) mass is 169 g/mol. The second-order valence-electron chi connectivity index (χ2n) is 3.57. The van der Waals surface area contributed by atoms with Crippen molar-refractivity contribution >= 4 is 5.84 Å². The first-order chi connectivity index (χ1) is 5.74. The summed E-state index contributed by atoms with van der Waals surface area (Å²) in [6.07, 6.45) is 3.38. The second kappa shape index (κ2) is 4.45. The molecule has 12 heavy (non-hydrogen) atoms. The van der Waals surface area contributed by atoms with Crippen LogP contribution in [0.15, 0.2) is 0 Å². The van der Waals surface area contributed by atoms with E-state index in [1.54, 1.807) is 0 Å². The Hall–Kier alpha value is -0.570. The number of likely N-dealkylation sites (tertiary alicyclic amines) is 1. The topological polar surface area (TPSA) is 53.1 Å². The van der Waals surface area contributed by atoms with E-state index >= 15 is 0 Å². The van der Waals surface area contributed by atoms with Gasteiger partial charge in [-0.05, 0) is 38.9 Å². The van der Waals surface area contributed by atoms with Crippen LogP contribution < -0.4 is 5.73 Å². The van der Waals surface area contributed by atoms with Crippen LogP contribution in [0, 0.1) is 11.3 Å². The lowest BCUT2D eigenvalue weighted by Gasteiger charge is -2.30. The van der Waals surface area contributed by atoms with Gasteiger partial charge in [-0.2, -0.15) is 0 Å². The molecule has 0 unspecified atom stereocenters. The van der Waals surface area contributed by atoms with E-state index in [0.29, 0.717) is 11.8 Å². The highest BCUT2D eigenvalue weighted by atomic mass is 15.1. The van der Waals surface area contributed by atoms with Gasteiger partial charge < -0.3 is 10.6 Å². The molecule has 0 saturated carbocycles. The third kappa shape index (κ3) is 2.48. The maximum atomic E-state index is 7.32. The highest BCUT2D eigenvalue weighted by molar-refractivity contribution is 5.79. The number of hydrogen-bond acceptors (Lipinski definition) is 2. The Balaban J connectivity index is 2.25. The molecule has 3 nitrogen and oxygen atoms in total. The van der Waals surface area contributed by atoms with E-state index in [1.165, 1.54) is 13.0 Å². The Morgan fingerprint density at radius 1 is 1.50 bits per heavy atom. The second-order valence-corrected chi connectivity index (χ2v) is 3.57.